The molecule has 110 valence electrons. The zero-order valence-corrected chi connectivity index (χ0v) is 13.6. The predicted octanol–water partition coefficient (Wildman–Crippen LogP) is 3.37. The van der Waals surface area contributed by atoms with Crippen LogP contribution in [0.2, 0.25) is 0 Å². The number of rotatable bonds is 6. The van der Waals surface area contributed by atoms with Crippen LogP contribution in [0, 0.1) is 0 Å². The molecular formula is C16H18BrN3O. The quantitative estimate of drug-likeness (QED) is 0.815. The number of halogens is 1. The Morgan fingerprint density at radius 2 is 2.10 bits per heavy atom. The summed E-state index contributed by atoms with van der Waals surface area (Å²) in [6, 6.07) is 8.26. The highest BCUT2D eigenvalue weighted by atomic mass is 79.9. The zero-order chi connectivity index (χ0) is 15.2. The Balaban J connectivity index is 2.19. The molecule has 1 aromatic carbocycles. The molecule has 4 nitrogen and oxygen atoms in total. The summed E-state index contributed by atoms with van der Waals surface area (Å²) in [7, 11) is 0. The lowest BCUT2D eigenvalue weighted by Gasteiger charge is -2.12. The van der Waals surface area contributed by atoms with E-state index < -0.39 is 0 Å². The Morgan fingerprint density at radius 3 is 2.76 bits per heavy atom. The highest BCUT2D eigenvalue weighted by Crippen LogP contribution is 2.18. The minimum absolute atomic E-state index is 0.163. The number of aryl methyl sites for hydroxylation is 1. The molecule has 0 saturated heterocycles. The molecule has 0 unspecified atom stereocenters. The molecule has 2 rings (SSSR count). The number of allylic oxidation sites excluding steroid dienone is 1. The second-order valence-electron chi connectivity index (χ2n) is 4.62. The van der Waals surface area contributed by atoms with Crippen molar-refractivity contribution in [1.29, 1.82) is 0 Å². The number of hydrogen-bond donors (Lipinski definition) is 1. The SMILES string of the molecule is C=CCn1ncc(NCc2ccccc2CC)c(Br)c1=O. The van der Waals surface area contributed by atoms with Crippen LogP contribution in [-0.2, 0) is 19.5 Å². The third-order valence-electron chi connectivity index (χ3n) is 3.26. The van der Waals surface area contributed by atoms with Crippen molar-refractivity contribution in [2.24, 2.45) is 0 Å². The lowest BCUT2D eigenvalue weighted by atomic mass is 10.1. The summed E-state index contributed by atoms with van der Waals surface area (Å²) in [4.78, 5) is 12.1. The van der Waals surface area contributed by atoms with Gasteiger partial charge in [0.2, 0.25) is 0 Å². The van der Waals surface area contributed by atoms with Crippen molar-refractivity contribution >= 4 is 21.6 Å². The Bertz CT molecular complexity index is 694. The van der Waals surface area contributed by atoms with Crippen LogP contribution >= 0.6 is 15.9 Å². The first kappa shape index (κ1) is 15.5. The van der Waals surface area contributed by atoms with Gasteiger partial charge < -0.3 is 5.32 Å². The fraction of sp³-hybridized carbons (Fsp3) is 0.250. The zero-order valence-electron chi connectivity index (χ0n) is 12.0. The van der Waals surface area contributed by atoms with E-state index in [1.165, 1.54) is 15.8 Å². The van der Waals surface area contributed by atoms with E-state index in [4.69, 9.17) is 0 Å². The summed E-state index contributed by atoms with van der Waals surface area (Å²) in [5.41, 5.74) is 3.06. The molecule has 5 heteroatoms. The van der Waals surface area contributed by atoms with Gasteiger partial charge in [0, 0.05) is 6.54 Å². The van der Waals surface area contributed by atoms with Gasteiger partial charge in [0.05, 0.1) is 18.4 Å². The minimum Gasteiger partial charge on any atom is -0.379 e. The number of hydrogen-bond acceptors (Lipinski definition) is 3. The molecular weight excluding hydrogens is 330 g/mol. The van der Waals surface area contributed by atoms with Crippen molar-refractivity contribution in [2.75, 3.05) is 5.32 Å². The van der Waals surface area contributed by atoms with Gasteiger partial charge >= 0.3 is 0 Å². The van der Waals surface area contributed by atoms with Crippen LogP contribution in [0.5, 0.6) is 0 Å². The summed E-state index contributed by atoms with van der Waals surface area (Å²) in [5.74, 6) is 0. The average Bonchev–Trinajstić information content (AvgIpc) is 2.51. The van der Waals surface area contributed by atoms with E-state index in [-0.39, 0.29) is 5.56 Å². The molecule has 0 saturated carbocycles. The van der Waals surface area contributed by atoms with Crippen LogP contribution in [0.15, 0.2) is 52.4 Å². The number of anilines is 1. The Morgan fingerprint density at radius 1 is 1.38 bits per heavy atom. The Labute approximate surface area is 132 Å². The first-order chi connectivity index (χ1) is 10.2. The molecule has 0 atom stereocenters. The Hall–Kier alpha value is -1.88. The van der Waals surface area contributed by atoms with Gasteiger partial charge in [-0.15, -0.1) is 6.58 Å². The van der Waals surface area contributed by atoms with E-state index in [9.17, 15) is 4.79 Å². The van der Waals surface area contributed by atoms with Crippen molar-refractivity contribution in [3.63, 3.8) is 0 Å². The lowest BCUT2D eigenvalue weighted by molar-refractivity contribution is 0.649. The summed E-state index contributed by atoms with van der Waals surface area (Å²) in [5, 5.41) is 7.39. The Kier molecular flexibility index (Phi) is 5.33. The molecule has 0 aliphatic heterocycles. The summed E-state index contributed by atoms with van der Waals surface area (Å²) in [6.07, 6.45) is 4.28. The summed E-state index contributed by atoms with van der Waals surface area (Å²) >= 11 is 3.34. The molecule has 0 spiro atoms. The molecule has 1 aromatic heterocycles. The van der Waals surface area contributed by atoms with Gasteiger partial charge in [-0.2, -0.15) is 5.10 Å². The van der Waals surface area contributed by atoms with Gasteiger partial charge in [-0.3, -0.25) is 4.79 Å². The van der Waals surface area contributed by atoms with Crippen LogP contribution in [0.4, 0.5) is 5.69 Å². The molecule has 0 bridgehead atoms. The first-order valence-corrected chi connectivity index (χ1v) is 7.63. The van der Waals surface area contributed by atoms with Gasteiger partial charge in [-0.25, -0.2) is 4.68 Å². The largest absolute Gasteiger partial charge is 0.379 e. The van der Waals surface area contributed by atoms with E-state index >= 15 is 0 Å². The van der Waals surface area contributed by atoms with Gasteiger partial charge in [-0.1, -0.05) is 37.3 Å². The number of benzene rings is 1. The van der Waals surface area contributed by atoms with Crippen LogP contribution < -0.4 is 10.9 Å². The molecule has 0 radical (unpaired) electrons. The van der Waals surface area contributed by atoms with E-state index in [2.05, 4.69) is 52.0 Å². The fourth-order valence-corrected chi connectivity index (χ4v) is 2.55. The molecule has 0 aliphatic carbocycles. The van der Waals surface area contributed by atoms with Crippen LogP contribution in [0.25, 0.3) is 0 Å². The maximum atomic E-state index is 12.1. The topological polar surface area (TPSA) is 46.9 Å². The summed E-state index contributed by atoms with van der Waals surface area (Å²) in [6.45, 7) is 6.81. The van der Waals surface area contributed by atoms with Crippen molar-refractivity contribution in [3.8, 4) is 0 Å². The standard InChI is InChI=1S/C16H18BrN3O/c1-3-9-20-16(21)15(17)14(11-19-20)18-10-13-8-6-5-7-12(13)4-2/h3,5-8,11,18H,1,4,9-10H2,2H3. The molecule has 1 heterocycles. The maximum Gasteiger partial charge on any atom is 0.283 e. The normalized spacial score (nSPS) is 10.4. The van der Waals surface area contributed by atoms with Crippen molar-refractivity contribution in [2.45, 2.75) is 26.4 Å². The highest BCUT2D eigenvalue weighted by molar-refractivity contribution is 9.10. The number of aromatic nitrogens is 2. The van der Waals surface area contributed by atoms with Crippen LogP contribution in [-0.4, -0.2) is 9.78 Å². The highest BCUT2D eigenvalue weighted by Gasteiger charge is 2.08. The third kappa shape index (κ3) is 3.61. The third-order valence-corrected chi connectivity index (χ3v) is 4.02. The first-order valence-electron chi connectivity index (χ1n) is 6.84. The lowest BCUT2D eigenvalue weighted by Crippen LogP contribution is -2.24. The monoisotopic (exact) mass is 347 g/mol. The van der Waals surface area contributed by atoms with E-state index in [1.807, 2.05) is 12.1 Å². The van der Waals surface area contributed by atoms with Gasteiger partial charge in [0.15, 0.2) is 0 Å². The number of nitrogens with zero attached hydrogens (tertiary/aromatic N) is 2. The minimum atomic E-state index is -0.163. The molecule has 0 fully saturated rings. The maximum absolute atomic E-state index is 12.1. The van der Waals surface area contributed by atoms with Crippen LogP contribution in [0.1, 0.15) is 18.1 Å². The van der Waals surface area contributed by atoms with E-state index in [1.54, 1.807) is 12.3 Å². The molecule has 21 heavy (non-hydrogen) atoms. The molecule has 2 aromatic rings. The molecule has 1 N–H and O–H groups in total. The van der Waals surface area contributed by atoms with Gasteiger partial charge in [0.25, 0.3) is 5.56 Å². The van der Waals surface area contributed by atoms with Crippen molar-refractivity contribution < 1.29 is 0 Å². The van der Waals surface area contributed by atoms with Gasteiger partial charge in [0.1, 0.15) is 4.47 Å². The smallest absolute Gasteiger partial charge is 0.283 e. The van der Waals surface area contributed by atoms with Gasteiger partial charge in [-0.05, 0) is 33.5 Å². The molecule has 0 aliphatic rings. The second-order valence-corrected chi connectivity index (χ2v) is 5.42. The fourth-order valence-electron chi connectivity index (χ4n) is 2.11. The number of nitrogens with one attached hydrogen (secondary N) is 1. The molecule has 0 amide bonds. The second kappa shape index (κ2) is 7.22. The van der Waals surface area contributed by atoms with Crippen molar-refractivity contribution in [1.82, 2.24) is 9.78 Å². The average molecular weight is 348 g/mol. The summed E-state index contributed by atoms with van der Waals surface area (Å²) < 4.78 is 1.86. The predicted molar refractivity (Wildman–Crippen MR) is 89.5 cm³/mol. The van der Waals surface area contributed by atoms with Crippen LogP contribution in [0.3, 0.4) is 0 Å². The van der Waals surface area contributed by atoms with E-state index in [0.717, 1.165) is 6.42 Å². The van der Waals surface area contributed by atoms with E-state index in [0.29, 0.717) is 23.2 Å². The van der Waals surface area contributed by atoms with Crippen molar-refractivity contribution in [3.05, 3.63) is 69.1 Å².